The Bertz CT molecular complexity index is 1180. The van der Waals surface area contributed by atoms with E-state index in [9.17, 15) is 9.59 Å². The average molecular weight is 417 g/mol. The Labute approximate surface area is 154 Å². The number of carboxylic acids is 1. The van der Waals surface area contributed by atoms with Crippen molar-refractivity contribution in [1.82, 2.24) is 4.40 Å². The number of amides is 1. The third-order valence-corrected chi connectivity index (χ3v) is 6.09. The lowest BCUT2D eigenvalue weighted by Crippen LogP contribution is -2.10. The molecule has 4 aromatic rings. The highest BCUT2D eigenvalue weighted by atomic mass is 79.9. The highest BCUT2D eigenvalue weighted by Gasteiger charge is 2.16. The van der Waals surface area contributed by atoms with Gasteiger partial charge in [0.2, 0.25) is 5.91 Å². The molecule has 0 atom stereocenters. The van der Waals surface area contributed by atoms with Crippen molar-refractivity contribution in [2.45, 2.75) is 12.8 Å². The first-order valence-electron chi connectivity index (χ1n) is 7.61. The van der Waals surface area contributed by atoms with Crippen molar-refractivity contribution in [3.05, 3.63) is 50.8 Å². The Morgan fingerprint density at radius 2 is 1.88 bits per heavy atom. The highest BCUT2D eigenvalue weighted by Crippen LogP contribution is 2.40. The molecular weight excluding hydrogens is 404 g/mol. The van der Waals surface area contributed by atoms with Crippen LogP contribution in [0.25, 0.3) is 27.2 Å². The third-order valence-electron chi connectivity index (χ3n) is 4.37. The van der Waals surface area contributed by atoms with E-state index in [-0.39, 0.29) is 6.42 Å². The number of aliphatic carboxylic acids is 1. The van der Waals surface area contributed by atoms with Crippen molar-refractivity contribution in [2.24, 2.45) is 5.73 Å². The van der Waals surface area contributed by atoms with Gasteiger partial charge in [0.25, 0.3) is 0 Å². The van der Waals surface area contributed by atoms with Crippen LogP contribution in [0.4, 0.5) is 0 Å². The maximum absolute atomic E-state index is 11.6. The van der Waals surface area contributed by atoms with Crippen LogP contribution in [0.1, 0.15) is 22.5 Å². The van der Waals surface area contributed by atoms with Gasteiger partial charge in [-0.2, -0.15) is 0 Å². The summed E-state index contributed by atoms with van der Waals surface area (Å²) in [6.45, 7) is 0. The zero-order valence-corrected chi connectivity index (χ0v) is 15.4. The first-order chi connectivity index (χ1) is 12.0. The van der Waals surface area contributed by atoms with Gasteiger partial charge in [-0.05, 0) is 52.7 Å². The molecule has 0 aliphatic heterocycles. The normalized spacial score (nSPS) is 11.6. The Balaban J connectivity index is 2.13. The van der Waals surface area contributed by atoms with Crippen molar-refractivity contribution < 1.29 is 14.7 Å². The molecular formula is C18H13BrN2O3S. The summed E-state index contributed by atoms with van der Waals surface area (Å²) < 4.78 is 3.06. The SMILES string of the molecule is NC(=O)c1ccc2c(c1)c1c(Br)scc1c1ccc(CCC(=O)O)n12. The number of hydrogen-bond acceptors (Lipinski definition) is 3. The second-order valence-electron chi connectivity index (χ2n) is 5.83. The number of hydrogen-bond donors (Lipinski definition) is 2. The van der Waals surface area contributed by atoms with Gasteiger partial charge in [-0.3, -0.25) is 9.59 Å². The van der Waals surface area contributed by atoms with Crippen LogP contribution in [0.15, 0.2) is 39.5 Å². The number of aromatic nitrogens is 1. The second-order valence-corrected chi connectivity index (χ2v) is 8.03. The van der Waals surface area contributed by atoms with Gasteiger partial charge in [0, 0.05) is 32.8 Å². The van der Waals surface area contributed by atoms with Crippen molar-refractivity contribution in [3.8, 4) is 0 Å². The molecule has 1 aromatic carbocycles. The van der Waals surface area contributed by atoms with Crippen LogP contribution in [-0.2, 0) is 11.2 Å². The number of aryl methyl sites for hydroxylation is 1. The van der Waals surface area contributed by atoms with Gasteiger partial charge in [-0.15, -0.1) is 11.3 Å². The molecule has 3 N–H and O–H groups in total. The minimum atomic E-state index is -0.824. The molecule has 1 amide bonds. The molecule has 7 heteroatoms. The zero-order chi connectivity index (χ0) is 17.7. The van der Waals surface area contributed by atoms with Gasteiger partial charge in [-0.25, -0.2) is 0 Å². The molecule has 0 saturated carbocycles. The first kappa shape index (κ1) is 16.1. The summed E-state index contributed by atoms with van der Waals surface area (Å²) in [5.74, 6) is -1.30. The number of nitrogens with two attached hydrogens (primary N) is 1. The first-order valence-corrected chi connectivity index (χ1v) is 9.29. The van der Waals surface area contributed by atoms with Gasteiger partial charge in [-0.1, -0.05) is 0 Å². The van der Waals surface area contributed by atoms with Crippen LogP contribution >= 0.6 is 27.3 Å². The van der Waals surface area contributed by atoms with Crippen molar-refractivity contribution in [1.29, 1.82) is 0 Å². The van der Waals surface area contributed by atoms with Gasteiger partial charge in [0.05, 0.1) is 21.2 Å². The van der Waals surface area contributed by atoms with E-state index in [1.54, 1.807) is 23.5 Å². The number of halogens is 1. The van der Waals surface area contributed by atoms with Crippen LogP contribution in [-0.4, -0.2) is 21.4 Å². The molecule has 0 saturated heterocycles. The summed E-state index contributed by atoms with van der Waals surface area (Å²) in [4.78, 5) is 22.6. The number of thiophene rings is 1. The number of nitrogens with zero attached hydrogens (tertiary/aromatic N) is 1. The summed E-state index contributed by atoms with van der Waals surface area (Å²) in [5.41, 5.74) is 8.78. The Hall–Kier alpha value is -2.38. The predicted octanol–water partition coefficient (Wildman–Crippen LogP) is 4.19. The van der Waals surface area contributed by atoms with Crippen LogP contribution < -0.4 is 5.73 Å². The molecule has 0 aliphatic carbocycles. The van der Waals surface area contributed by atoms with E-state index in [0.29, 0.717) is 12.0 Å². The minimum Gasteiger partial charge on any atom is -0.481 e. The van der Waals surface area contributed by atoms with Gasteiger partial charge in [0.1, 0.15) is 0 Å². The number of carboxylic acid groups (broad SMARTS) is 1. The number of primary amides is 1. The fraction of sp³-hybridized carbons (Fsp3) is 0.111. The van der Waals surface area contributed by atoms with E-state index >= 15 is 0 Å². The van der Waals surface area contributed by atoms with Gasteiger partial charge < -0.3 is 15.2 Å². The number of carbonyl (C=O) groups excluding carboxylic acids is 1. The molecule has 3 aromatic heterocycles. The van der Waals surface area contributed by atoms with E-state index in [4.69, 9.17) is 10.8 Å². The molecule has 5 nitrogen and oxygen atoms in total. The van der Waals surface area contributed by atoms with E-state index in [2.05, 4.69) is 25.7 Å². The van der Waals surface area contributed by atoms with Crippen molar-refractivity contribution in [2.75, 3.05) is 0 Å². The lowest BCUT2D eigenvalue weighted by atomic mass is 10.1. The molecule has 0 unspecified atom stereocenters. The smallest absolute Gasteiger partial charge is 0.303 e. The molecule has 126 valence electrons. The largest absolute Gasteiger partial charge is 0.481 e. The zero-order valence-electron chi connectivity index (χ0n) is 13.0. The number of carbonyl (C=O) groups is 2. The number of benzene rings is 1. The van der Waals surface area contributed by atoms with E-state index in [1.807, 2.05) is 18.2 Å². The van der Waals surface area contributed by atoms with Crippen molar-refractivity contribution in [3.63, 3.8) is 0 Å². The summed E-state index contributed by atoms with van der Waals surface area (Å²) in [5, 5.41) is 14.1. The summed E-state index contributed by atoms with van der Waals surface area (Å²) in [6.07, 6.45) is 0.505. The molecule has 4 rings (SSSR count). The highest BCUT2D eigenvalue weighted by molar-refractivity contribution is 9.11. The monoisotopic (exact) mass is 416 g/mol. The standard InChI is InChI=1S/C18H13BrN2O3S/c19-17-16-11-7-9(18(20)24)1-4-13(11)21-10(3-6-15(22)23)2-5-14(21)12(16)8-25-17/h1-2,4-5,7-8H,3,6H2,(H2,20,24)(H,22,23). The fourth-order valence-electron chi connectivity index (χ4n) is 3.26. The average Bonchev–Trinajstić information content (AvgIpc) is 3.16. The quantitative estimate of drug-likeness (QED) is 0.522. The molecule has 0 fully saturated rings. The summed E-state index contributed by atoms with van der Waals surface area (Å²) >= 11 is 5.19. The van der Waals surface area contributed by atoms with Gasteiger partial charge in [0.15, 0.2) is 0 Å². The number of pyridine rings is 1. The second kappa shape index (κ2) is 5.86. The number of fused-ring (bicyclic) bond motifs is 6. The molecule has 0 aliphatic rings. The topological polar surface area (TPSA) is 84.8 Å². The van der Waals surface area contributed by atoms with Crippen LogP contribution in [0.5, 0.6) is 0 Å². The van der Waals surface area contributed by atoms with Crippen LogP contribution in [0.2, 0.25) is 0 Å². The third kappa shape index (κ3) is 2.51. The van der Waals surface area contributed by atoms with E-state index < -0.39 is 11.9 Å². The molecule has 0 bridgehead atoms. The van der Waals surface area contributed by atoms with Gasteiger partial charge >= 0.3 is 5.97 Å². The maximum atomic E-state index is 11.6. The summed E-state index contributed by atoms with van der Waals surface area (Å²) in [7, 11) is 0. The minimum absolute atomic E-state index is 0.0678. The molecule has 25 heavy (non-hydrogen) atoms. The maximum Gasteiger partial charge on any atom is 0.303 e. The van der Waals surface area contributed by atoms with Crippen molar-refractivity contribution >= 4 is 66.3 Å². The molecule has 3 heterocycles. The van der Waals surface area contributed by atoms with Crippen LogP contribution in [0, 0.1) is 0 Å². The van der Waals surface area contributed by atoms with E-state index in [0.717, 1.165) is 36.7 Å². The molecule has 0 radical (unpaired) electrons. The lowest BCUT2D eigenvalue weighted by molar-refractivity contribution is -0.136. The Morgan fingerprint density at radius 1 is 1.16 bits per heavy atom. The number of rotatable bonds is 4. The Kier molecular flexibility index (Phi) is 3.77. The lowest BCUT2D eigenvalue weighted by Gasteiger charge is -2.11. The van der Waals surface area contributed by atoms with E-state index in [1.165, 1.54) is 0 Å². The molecule has 0 spiro atoms. The summed E-state index contributed by atoms with van der Waals surface area (Å²) in [6, 6.07) is 9.36. The predicted molar refractivity (Wildman–Crippen MR) is 102 cm³/mol. The fourth-order valence-corrected chi connectivity index (χ4v) is 4.77. The Morgan fingerprint density at radius 3 is 2.60 bits per heavy atom. The van der Waals surface area contributed by atoms with Crippen LogP contribution in [0.3, 0.4) is 0 Å².